The van der Waals surface area contributed by atoms with Crippen molar-refractivity contribution in [2.24, 2.45) is 23.7 Å². The first kappa shape index (κ1) is 72.8. The van der Waals surface area contributed by atoms with Crippen LogP contribution in [0.15, 0.2) is 164 Å². The molecule has 18 nitrogen and oxygen atoms in total. The smallest absolute Gasteiger partial charge is 0.366 e. The highest BCUT2D eigenvalue weighted by Gasteiger charge is 2.30. The van der Waals surface area contributed by atoms with E-state index in [1.54, 1.807) is 43.3 Å². The van der Waals surface area contributed by atoms with E-state index in [1.165, 1.54) is 0 Å². The Morgan fingerprint density at radius 3 is 1.31 bits per heavy atom. The molecule has 10 rings (SSSR count). The Bertz CT molecular complexity index is 4160. The Kier molecular flexibility index (Phi) is 26.8. The average Bonchev–Trinajstić information content (AvgIpc) is 0.731. The van der Waals surface area contributed by atoms with Crippen molar-refractivity contribution in [1.29, 1.82) is 0 Å². The van der Waals surface area contributed by atoms with E-state index in [4.69, 9.17) is 62.1 Å². The summed E-state index contributed by atoms with van der Waals surface area (Å²) in [4.78, 5) is 71.5. The second kappa shape index (κ2) is 36.8. The molecule has 0 atom stereocenters. The summed E-state index contributed by atoms with van der Waals surface area (Å²) in [5.41, 5.74) is 4.99. The summed E-state index contributed by atoms with van der Waals surface area (Å²) in [6.07, 6.45) is 12.6. The maximum Gasteiger partial charge on any atom is 0.366 e. The predicted molar refractivity (Wildman–Crippen MR) is 376 cm³/mol. The highest BCUT2D eigenvalue weighted by Crippen LogP contribution is 2.40. The first-order valence-electron chi connectivity index (χ1n) is 34.5. The van der Waals surface area contributed by atoms with E-state index in [1.807, 2.05) is 78.9 Å². The molecule has 0 unspecified atom stereocenters. The van der Waals surface area contributed by atoms with Gasteiger partial charge in [0.2, 0.25) is 11.7 Å². The summed E-state index contributed by atoms with van der Waals surface area (Å²) in [5, 5.41) is 3.71. The molecule has 0 spiro atoms. The molecule has 0 amide bonds. The second-order valence-corrected chi connectivity index (χ2v) is 25.4. The van der Waals surface area contributed by atoms with Crippen molar-refractivity contribution < 1.29 is 84.9 Å². The molecule has 1 aromatic heterocycles. The van der Waals surface area contributed by atoms with E-state index in [0.717, 1.165) is 103 Å². The lowest BCUT2D eigenvalue weighted by molar-refractivity contribution is -0.142. The second-order valence-electron chi connectivity index (χ2n) is 25.4. The fraction of sp³-hybridized carbons (Fsp3) is 0.388. The van der Waals surface area contributed by atoms with Gasteiger partial charge in [-0.2, -0.15) is 8.78 Å². The van der Waals surface area contributed by atoms with Gasteiger partial charge in [0, 0.05) is 16.3 Å². The Morgan fingerprint density at radius 2 is 0.810 bits per heavy atom. The van der Waals surface area contributed by atoms with Gasteiger partial charge >= 0.3 is 29.8 Å². The van der Waals surface area contributed by atoms with E-state index in [9.17, 15) is 32.8 Å². The minimum atomic E-state index is -1.16. The average molecular weight is 1370 g/mol. The summed E-state index contributed by atoms with van der Waals surface area (Å²) in [6, 6.07) is 40.1. The Balaban J connectivity index is 0.752. The zero-order valence-electron chi connectivity index (χ0n) is 56.6. The summed E-state index contributed by atoms with van der Waals surface area (Å²) in [5.74, 6) is -0.916. The zero-order chi connectivity index (χ0) is 70.2. The SMILES string of the molecule is C=C(C)C(=O)OCCCCCCOc1ccc(OC(=O)C2CCC(COc3ccc4c5ccc(OCC6CCC(C(=O)Oc7ccc(OCCCCCCOC(=O)C(=C)F)cc7)CC6)cc5c5nc6ccc(-c7cccc(OCCOCCOC(=O)C(=C)F)c7)cc6nc5c4c3)CC2)cc1. The van der Waals surface area contributed by atoms with Crippen LogP contribution in [0.25, 0.3) is 54.7 Å². The lowest BCUT2D eigenvalue weighted by Gasteiger charge is -2.27. The van der Waals surface area contributed by atoms with Crippen LogP contribution < -0.4 is 33.2 Å². The van der Waals surface area contributed by atoms with Crippen molar-refractivity contribution in [1.82, 2.24) is 9.97 Å². The molecule has 100 heavy (non-hydrogen) atoms. The van der Waals surface area contributed by atoms with Crippen LogP contribution in [0, 0.1) is 23.7 Å². The molecule has 0 N–H and O–H groups in total. The molecule has 526 valence electrons. The first-order chi connectivity index (χ1) is 48.6. The third kappa shape index (κ3) is 21.3. The van der Waals surface area contributed by atoms with Crippen molar-refractivity contribution in [2.75, 3.05) is 66.1 Å². The third-order valence-corrected chi connectivity index (χ3v) is 17.9. The normalized spacial score (nSPS) is 15.9. The molecule has 2 fully saturated rings. The van der Waals surface area contributed by atoms with E-state index in [2.05, 4.69) is 31.9 Å². The minimum absolute atomic E-state index is 0.0762. The molecule has 7 aromatic carbocycles. The van der Waals surface area contributed by atoms with Crippen LogP contribution in [-0.2, 0) is 42.9 Å². The maximum absolute atomic E-state index is 13.4. The van der Waals surface area contributed by atoms with Gasteiger partial charge < -0.3 is 52.1 Å². The number of ether oxygens (including phenoxy) is 11. The lowest BCUT2D eigenvalue weighted by Crippen LogP contribution is -2.27. The molecule has 2 aliphatic carbocycles. The standard InChI is InChI=1S/C80H86F2N2O16/c1-52(2)76(85)94-40-11-7-5-9-38-91-61-25-29-63(30-26-61)99-80(89)58-22-18-56(19-23-58)51-98-67-34-36-69-68-35-33-66(97-50-55-16-20-57(21-17-55)79(88)100-64-31-27-62(28-32-64)92-39-10-6-8-12-41-95-77(86)53(3)81)48-70(68)74-75(71(69)49-67)84-73-47-60(24-37-72(73)83-74)59-14-13-15-65(46-59)93-44-42-90-43-45-96-78(87)54(4)82/h13-15,24-37,46-49,55-58H,1,3-12,16-23,38-45,50-51H2,2H3. The number of aromatic nitrogens is 2. The molecule has 2 saturated carbocycles. The van der Waals surface area contributed by atoms with Gasteiger partial charge in [0.25, 0.3) is 0 Å². The van der Waals surface area contributed by atoms with E-state index >= 15 is 0 Å². The van der Waals surface area contributed by atoms with Crippen molar-refractivity contribution in [3.63, 3.8) is 0 Å². The summed E-state index contributed by atoms with van der Waals surface area (Å²) < 4.78 is 88.5. The van der Waals surface area contributed by atoms with Gasteiger partial charge in [-0.15, -0.1) is 0 Å². The Hall–Kier alpha value is -9.95. The predicted octanol–water partition coefficient (Wildman–Crippen LogP) is 16.8. The van der Waals surface area contributed by atoms with E-state index < -0.39 is 23.6 Å². The van der Waals surface area contributed by atoms with Crippen LogP contribution in [0.5, 0.6) is 40.2 Å². The number of benzene rings is 7. The fourth-order valence-corrected chi connectivity index (χ4v) is 12.2. The summed E-state index contributed by atoms with van der Waals surface area (Å²) in [6.45, 7) is 14.0. The number of carbonyl (C=O) groups is 5. The molecule has 20 heteroatoms. The number of halogens is 2. The number of hydrogen-bond donors (Lipinski definition) is 0. The number of carbonyl (C=O) groups excluding carboxylic acids is 5. The van der Waals surface area contributed by atoms with Crippen molar-refractivity contribution in [3.05, 3.63) is 164 Å². The largest absolute Gasteiger partial charge is 0.494 e. The summed E-state index contributed by atoms with van der Waals surface area (Å²) in [7, 11) is 0. The van der Waals surface area contributed by atoms with Gasteiger partial charge in [-0.3, -0.25) is 9.59 Å². The monoisotopic (exact) mass is 1370 g/mol. The fourth-order valence-electron chi connectivity index (χ4n) is 12.2. The molecule has 0 saturated heterocycles. The third-order valence-electron chi connectivity index (χ3n) is 17.9. The van der Waals surface area contributed by atoms with Gasteiger partial charge in [-0.25, -0.2) is 24.4 Å². The van der Waals surface area contributed by atoms with Crippen LogP contribution >= 0.6 is 0 Å². The number of esters is 5. The minimum Gasteiger partial charge on any atom is -0.494 e. The van der Waals surface area contributed by atoms with Crippen LogP contribution in [0.3, 0.4) is 0 Å². The molecule has 2 aliphatic rings. The topological polar surface area (TPSA) is 213 Å². The first-order valence-corrected chi connectivity index (χ1v) is 34.5. The number of nitrogens with zero attached hydrogens (tertiary/aromatic N) is 2. The molecule has 0 bridgehead atoms. The molecule has 1 heterocycles. The Morgan fingerprint density at radius 1 is 0.390 bits per heavy atom. The van der Waals surface area contributed by atoms with Crippen molar-refractivity contribution in [3.8, 4) is 51.4 Å². The van der Waals surface area contributed by atoms with Crippen molar-refractivity contribution in [2.45, 2.75) is 110 Å². The van der Waals surface area contributed by atoms with Crippen LogP contribution in [0.1, 0.15) is 110 Å². The quantitative estimate of drug-likeness (QED) is 0.00673. The number of unbranched alkanes of at least 4 members (excludes halogenated alkanes) is 6. The highest BCUT2D eigenvalue weighted by molar-refractivity contribution is 6.24. The molecule has 0 aliphatic heterocycles. The van der Waals surface area contributed by atoms with Crippen molar-refractivity contribution >= 4 is 73.5 Å². The van der Waals surface area contributed by atoms with E-state index in [-0.39, 0.29) is 74.6 Å². The van der Waals surface area contributed by atoms with Gasteiger partial charge in [0.1, 0.15) is 53.5 Å². The van der Waals surface area contributed by atoms with Gasteiger partial charge in [0.15, 0.2) is 0 Å². The van der Waals surface area contributed by atoms with E-state index in [0.29, 0.717) is 133 Å². The van der Waals surface area contributed by atoms with Gasteiger partial charge in [-0.05, 0) is 253 Å². The molecule has 0 radical (unpaired) electrons. The van der Waals surface area contributed by atoms with Gasteiger partial charge in [0.05, 0.1) is 86.8 Å². The number of hydrogen-bond acceptors (Lipinski definition) is 18. The summed E-state index contributed by atoms with van der Waals surface area (Å²) >= 11 is 0. The van der Waals surface area contributed by atoms with Crippen LogP contribution in [-0.4, -0.2) is 106 Å². The molecular weight excluding hydrogens is 1280 g/mol. The maximum atomic E-state index is 13.4. The van der Waals surface area contributed by atoms with Crippen LogP contribution in [0.4, 0.5) is 8.78 Å². The Labute approximate surface area is 580 Å². The number of rotatable bonds is 37. The van der Waals surface area contributed by atoms with Gasteiger partial charge in [-0.1, -0.05) is 37.9 Å². The van der Waals surface area contributed by atoms with Crippen LogP contribution in [0.2, 0.25) is 0 Å². The lowest BCUT2D eigenvalue weighted by atomic mass is 9.82. The number of fused-ring (bicyclic) bond motifs is 7. The molecule has 8 aromatic rings. The molecular formula is C80H86F2N2O16. The highest BCUT2D eigenvalue weighted by atomic mass is 19.1. The zero-order valence-corrected chi connectivity index (χ0v) is 56.6.